The van der Waals surface area contributed by atoms with Gasteiger partial charge in [-0.05, 0) is 49.3 Å². The molecule has 1 fully saturated rings. The van der Waals surface area contributed by atoms with E-state index in [0.29, 0.717) is 12.0 Å². The summed E-state index contributed by atoms with van der Waals surface area (Å²) in [4.78, 5) is 11.2. The number of aryl methyl sites for hydroxylation is 1. The van der Waals surface area contributed by atoms with E-state index in [2.05, 4.69) is 29.6 Å². The summed E-state index contributed by atoms with van der Waals surface area (Å²) in [6.07, 6.45) is 5.25. The highest BCUT2D eigenvalue weighted by molar-refractivity contribution is 5.70. The number of nitrogens with one attached hydrogen (secondary N) is 1. The van der Waals surface area contributed by atoms with Crippen molar-refractivity contribution in [2.24, 2.45) is 11.8 Å². The second-order valence-electron chi connectivity index (χ2n) is 5.83. The largest absolute Gasteiger partial charge is 0.481 e. The predicted octanol–water partition coefficient (Wildman–Crippen LogP) is 2.76. The number of rotatable bonds is 4. The van der Waals surface area contributed by atoms with Crippen molar-refractivity contribution in [3.8, 4) is 0 Å². The van der Waals surface area contributed by atoms with Crippen molar-refractivity contribution in [3.63, 3.8) is 0 Å². The molecular weight excluding hydrogens is 238 g/mol. The quantitative estimate of drug-likeness (QED) is 0.874. The van der Waals surface area contributed by atoms with Gasteiger partial charge in [0.25, 0.3) is 0 Å². The Morgan fingerprint density at radius 1 is 1.26 bits per heavy atom. The normalized spacial score (nSPS) is 29.4. The fraction of sp³-hybridized carbons (Fsp3) is 0.562. The zero-order valence-electron chi connectivity index (χ0n) is 11.1. The molecule has 19 heavy (non-hydrogen) atoms. The molecular formula is C16H21NO2. The highest BCUT2D eigenvalue weighted by Crippen LogP contribution is 2.34. The molecule has 0 bridgehead atoms. The molecule has 1 saturated carbocycles. The van der Waals surface area contributed by atoms with E-state index in [-0.39, 0.29) is 5.92 Å². The molecule has 3 rings (SSSR count). The molecule has 2 aliphatic carbocycles. The number of benzene rings is 1. The van der Waals surface area contributed by atoms with Crippen molar-refractivity contribution in [2.75, 3.05) is 6.54 Å². The Kier molecular flexibility index (Phi) is 3.56. The molecule has 0 heterocycles. The van der Waals surface area contributed by atoms with Gasteiger partial charge < -0.3 is 10.4 Å². The van der Waals surface area contributed by atoms with E-state index in [9.17, 15) is 9.90 Å². The lowest BCUT2D eigenvalue weighted by atomic mass is 9.95. The van der Waals surface area contributed by atoms with Crippen LogP contribution in [-0.4, -0.2) is 17.6 Å². The lowest BCUT2D eigenvalue weighted by Gasteiger charge is -2.20. The van der Waals surface area contributed by atoms with Crippen LogP contribution in [0.5, 0.6) is 0 Å². The molecule has 3 atom stereocenters. The van der Waals surface area contributed by atoms with Gasteiger partial charge in [-0.15, -0.1) is 0 Å². The first-order valence-corrected chi connectivity index (χ1v) is 7.29. The molecule has 0 aliphatic heterocycles. The van der Waals surface area contributed by atoms with E-state index in [0.717, 1.165) is 38.6 Å². The van der Waals surface area contributed by atoms with Gasteiger partial charge in [0.1, 0.15) is 0 Å². The van der Waals surface area contributed by atoms with Gasteiger partial charge in [0.2, 0.25) is 0 Å². The van der Waals surface area contributed by atoms with Crippen LogP contribution in [0.1, 0.15) is 42.9 Å². The fourth-order valence-electron chi connectivity index (χ4n) is 3.67. The van der Waals surface area contributed by atoms with E-state index in [1.165, 1.54) is 11.1 Å². The van der Waals surface area contributed by atoms with Gasteiger partial charge >= 0.3 is 5.97 Å². The Bertz CT molecular complexity index is 472. The third kappa shape index (κ3) is 2.52. The van der Waals surface area contributed by atoms with Crippen LogP contribution in [0.25, 0.3) is 0 Å². The third-order valence-corrected chi connectivity index (χ3v) is 4.74. The Hall–Kier alpha value is -1.35. The van der Waals surface area contributed by atoms with Crippen LogP contribution in [0, 0.1) is 11.8 Å². The first-order chi connectivity index (χ1) is 9.25. The molecule has 2 aliphatic rings. The Morgan fingerprint density at radius 2 is 2.11 bits per heavy atom. The number of carboxylic acid groups (broad SMARTS) is 1. The molecule has 3 unspecified atom stereocenters. The highest BCUT2D eigenvalue weighted by Gasteiger charge is 2.33. The average Bonchev–Trinajstić information content (AvgIpc) is 3.03. The number of carbonyl (C=O) groups is 1. The summed E-state index contributed by atoms with van der Waals surface area (Å²) in [5.41, 5.74) is 2.86. The van der Waals surface area contributed by atoms with Crippen LogP contribution >= 0.6 is 0 Å². The minimum absolute atomic E-state index is 0.135. The lowest BCUT2D eigenvalue weighted by molar-refractivity contribution is -0.142. The lowest BCUT2D eigenvalue weighted by Crippen LogP contribution is -2.30. The minimum Gasteiger partial charge on any atom is -0.481 e. The van der Waals surface area contributed by atoms with Crippen LogP contribution in [0.15, 0.2) is 24.3 Å². The first kappa shape index (κ1) is 12.7. The summed E-state index contributed by atoms with van der Waals surface area (Å²) in [6, 6.07) is 9.01. The molecule has 1 aromatic carbocycles. The van der Waals surface area contributed by atoms with Gasteiger partial charge in [0.15, 0.2) is 0 Å². The third-order valence-electron chi connectivity index (χ3n) is 4.74. The van der Waals surface area contributed by atoms with Gasteiger partial charge in [-0.3, -0.25) is 4.79 Å². The minimum atomic E-state index is -0.615. The monoisotopic (exact) mass is 259 g/mol. The van der Waals surface area contributed by atoms with Crippen LogP contribution in [0.4, 0.5) is 0 Å². The number of hydrogen-bond acceptors (Lipinski definition) is 2. The molecule has 0 radical (unpaired) electrons. The first-order valence-electron chi connectivity index (χ1n) is 7.29. The SMILES string of the molecule is O=C(O)C1CCCC1CNC1CCc2ccccc21. The average molecular weight is 259 g/mol. The molecule has 0 amide bonds. The Labute approximate surface area is 114 Å². The molecule has 2 N–H and O–H groups in total. The van der Waals surface area contributed by atoms with E-state index >= 15 is 0 Å². The van der Waals surface area contributed by atoms with Gasteiger partial charge in [-0.25, -0.2) is 0 Å². The number of hydrogen-bond donors (Lipinski definition) is 2. The van der Waals surface area contributed by atoms with E-state index in [1.807, 2.05) is 0 Å². The summed E-state index contributed by atoms with van der Waals surface area (Å²) in [6.45, 7) is 0.843. The van der Waals surface area contributed by atoms with Crippen LogP contribution in [0.2, 0.25) is 0 Å². The summed E-state index contributed by atoms with van der Waals surface area (Å²) in [5.74, 6) is -0.439. The van der Waals surface area contributed by atoms with E-state index < -0.39 is 5.97 Å². The number of fused-ring (bicyclic) bond motifs is 1. The maximum Gasteiger partial charge on any atom is 0.306 e. The summed E-state index contributed by atoms with van der Waals surface area (Å²) in [5, 5.41) is 12.8. The molecule has 3 heteroatoms. The molecule has 0 saturated heterocycles. The van der Waals surface area contributed by atoms with Crippen LogP contribution < -0.4 is 5.32 Å². The van der Waals surface area contributed by atoms with Crippen molar-refractivity contribution < 1.29 is 9.90 Å². The second-order valence-corrected chi connectivity index (χ2v) is 5.83. The van der Waals surface area contributed by atoms with Gasteiger partial charge in [0, 0.05) is 6.04 Å². The van der Waals surface area contributed by atoms with Gasteiger partial charge in [0.05, 0.1) is 5.92 Å². The van der Waals surface area contributed by atoms with Crippen molar-refractivity contribution in [2.45, 2.75) is 38.1 Å². The predicted molar refractivity (Wildman–Crippen MR) is 74.0 cm³/mol. The second kappa shape index (κ2) is 5.33. The van der Waals surface area contributed by atoms with E-state index in [1.54, 1.807) is 0 Å². The maximum absolute atomic E-state index is 11.2. The van der Waals surface area contributed by atoms with Gasteiger partial charge in [-0.1, -0.05) is 30.7 Å². The number of aliphatic carboxylic acids is 1. The van der Waals surface area contributed by atoms with Crippen molar-refractivity contribution in [1.29, 1.82) is 0 Å². The molecule has 3 nitrogen and oxygen atoms in total. The number of carboxylic acids is 1. The van der Waals surface area contributed by atoms with Crippen LogP contribution in [0.3, 0.4) is 0 Å². The molecule has 0 aromatic heterocycles. The summed E-state index contributed by atoms with van der Waals surface area (Å²) in [7, 11) is 0. The van der Waals surface area contributed by atoms with E-state index in [4.69, 9.17) is 0 Å². The summed E-state index contributed by atoms with van der Waals surface area (Å²) < 4.78 is 0. The van der Waals surface area contributed by atoms with Crippen LogP contribution in [-0.2, 0) is 11.2 Å². The topological polar surface area (TPSA) is 49.3 Å². The van der Waals surface area contributed by atoms with Crippen molar-refractivity contribution in [1.82, 2.24) is 5.32 Å². The Morgan fingerprint density at radius 3 is 2.95 bits per heavy atom. The zero-order chi connectivity index (χ0) is 13.2. The maximum atomic E-state index is 11.2. The standard InChI is InChI=1S/C16H21NO2/c18-16(19)14-7-3-5-12(14)10-17-15-9-8-11-4-1-2-6-13(11)15/h1-2,4,6,12,14-15,17H,3,5,7-10H2,(H,18,19). The molecule has 0 spiro atoms. The highest BCUT2D eigenvalue weighted by atomic mass is 16.4. The molecule has 102 valence electrons. The smallest absolute Gasteiger partial charge is 0.306 e. The van der Waals surface area contributed by atoms with Gasteiger partial charge in [-0.2, -0.15) is 0 Å². The summed E-state index contributed by atoms with van der Waals surface area (Å²) >= 11 is 0. The van der Waals surface area contributed by atoms with Crippen molar-refractivity contribution >= 4 is 5.97 Å². The van der Waals surface area contributed by atoms with Crippen molar-refractivity contribution in [3.05, 3.63) is 35.4 Å². The Balaban J connectivity index is 1.60. The zero-order valence-corrected chi connectivity index (χ0v) is 11.1. The fourth-order valence-corrected chi connectivity index (χ4v) is 3.67. The molecule has 1 aromatic rings.